The van der Waals surface area contributed by atoms with Crippen LogP contribution in [-0.2, 0) is 6.42 Å². The van der Waals surface area contributed by atoms with Gasteiger partial charge in [0, 0.05) is 19.9 Å². The first-order valence-corrected chi connectivity index (χ1v) is 6.17. The number of hydrogen-bond donors (Lipinski definition) is 0. The minimum atomic E-state index is 0.985. The van der Waals surface area contributed by atoms with Crippen LogP contribution in [0, 0.1) is 0 Å². The summed E-state index contributed by atoms with van der Waals surface area (Å²) in [7, 11) is 1.72. The predicted octanol–water partition coefficient (Wildman–Crippen LogP) is 4.23. The van der Waals surface area contributed by atoms with Gasteiger partial charge in [0.05, 0.1) is 7.11 Å². The van der Waals surface area contributed by atoms with Crippen LogP contribution in [0.3, 0.4) is 0 Å². The van der Waals surface area contributed by atoms with Crippen molar-refractivity contribution in [2.24, 2.45) is 0 Å². The number of rotatable bonds is 2. The maximum Gasteiger partial charge on any atom is 0.122 e. The summed E-state index contributed by atoms with van der Waals surface area (Å²) in [5.41, 5.74) is 1.27. The molecule has 0 amide bonds. The zero-order chi connectivity index (χ0) is 10.1. The molecule has 0 saturated heterocycles. The van der Waals surface area contributed by atoms with Crippen molar-refractivity contribution in [2.75, 3.05) is 7.11 Å². The van der Waals surface area contributed by atoms with Gasteiger partial charge in [-0.1, -0.05) is 6.92 Å². The van der Waals surface area contributed by atoms with Crippen LogP contribution in [0.25, 0.3) is 10.1 Å². The third kappa shape index (κ3) is 1.55. The molecule has 0 radical (unpaired) electrons. The minimum absolute atomic E-state index is 0.985. The van der Waals surface area contributed by atoms with Gasteiger partial charge in [0.25, 0.3) is 0 Å². The van der Waals surface area contributed by atoms with Crippen molar-refractivity contribution in [2.45, 2.75) is 13.3 Å². The molecule has 2 aromatic rings. The highest BCUT2D eigenvalue weighted by atomic mass is 79.9. The summed E-state index contributed by atoms with van der Waals surface area (Å²) in [5.74, 6) is 0.985. The van der Waals surface area contributed by atoms with Crippen LogP contribution in [0.4, 0.5) is 0 Å². The van der Waals surface area contributed by atoms with Gasteiger partial charge in [0.2, 0.25) is 0 Å². The summed E-state index contributed by atoms with van der Waals surface area (Å²) in [6, 6.07) is 4.32. The van der Waals surface area contributed by atoms with E-state index in [0.717, 1.165) is 16.6 Å². The van der Waals surface area contributed by atoms with E-state index in [1.165, 1.54) is 15.6 Å². The van der Waals surface area contributed by atoms with Crippen molar-refractivity contribution in [3.8, 4) is 5.75 Å². The van der Waals surface area contributed by atoms with Crippen molar-refractivity contribution >= 4 is 37.4 Å². The van der Waals surface area contributed by atoms with E-state index in [4.69, 9.17) is 4.74 Å². The second-order valence-electron chi connectivity index (χ2n) is 3.10. The van der Waals surface area contributed by atoms with Gasteiger partial charge in [0.15, 0.2) is 0 Å². The van der Waals surface area contributed by atoms with Crippen molar-refractivity contribution in [3.05, 3.63) is 27.5 Å². The van der Waals surface area contributed by atoms with E-state index in [0.29, 0.717) is 0 Å². The van der Waals surface area contributed by atoms with Crippen molar-refractivity contribution in [1.82, 2.24) is 0 Å². The molecule has 1 aromatic carbocycles. The smallest absolute Gasteiger partial charge is 0.122 e. The second kappa shape index (κ2) is 3.91. The first-order chi connectivity index (χ1) is 6.76. The molecule has 1 aromatic heterocycles. The van der Waals surface area contributed by atoms with Crippen LogP contribution in [0.1, 0.15) is 12.5 Å². The maximum absolute atomic E-state index is 5.35. The number of thiophene rings is 1. The van der Waals surface area contributed by atoms with Gasteiger partial charge in [-0.2, -0.15) is 0 Å². The number of ether oxygens (including phenoxy) is 1. The van der Waals surface area contributed by atoms with Gasteiger partial charge in [-0.05, 0) is 40.0 Å². The van der Waals surface area contributed by atoms with Crippen molar-refractivity contribution < 1.29 is 4.74 Å². The van der Waals surface area contributed by atoms with Crippen LogP contribution >= 0.6 is 27.3 Å². The molecule has 3 heteroatoms. The Kier molecular flexibility index (Phi) is 2.79. The van der Waals surface area contributed by atoms with E-state index >= 15 is 0 Å². The number of halogens is 1. The van der Waals surface area contributed by atoms with Crippen LogP contribution in [0.5, 0.6) is 5.75 Å². The predicted molar refractivity (Wildman–Crippen MR) is 65.5 cm³/mol. The first-order valence-electron chi connectivity index (χ1n) is 4.50. The number of aryl methyl sites for hydroxylation is 1. The molecule has 0 aliphatic carbocycles. The SMILES string of the molecule is CCc1cc2scc(Br)c2cc1OC. The van der Waals surface area contributed by atoms with Crippen LogP contribution < -0.4 is 4.74 Å². The van der Waals surface area contributed by atoms with Crippen LogP contribution in [0.15, 0.2) is 22.0 Å². The Morgan fingerprint density at radius 2 is 2.21 bits per heavy atom. The molecule has 1 heterocycles. The highest BCUT2D eigenvalue weighted by Crippen LogP contribution is 2.35. The molecule has 0 bridgehead atoms. The third-order valence-electron chi connectivity index (χ3n) is 2.31. The zero-order valence-corrected chi connectivity index (χ0v) is 10.5. The number of benzene rings is 1. The molecule has 0 spiro atoms. The monoisotopic (exact) mass is 270 g/mol. The molecule has 14 heavy (non-hydrogen) atoms. The van der Waals surface area contributed by atoms with E-state index in [1.54, 1.807) is 18.4 Å². The Labute approximate surface area is 95.8 Å². The molecule has 0 unspecified atom stereocenters. The van der Waals surface area contributed by atoms with Gasteiger partial charge in [-0.3, -0.25) is 0 Å². The number of hydrogen-bond acceptors (Lipinski definition) is 2. The van der Waals surface area contributed by atoms with Gasteiger partial charge < -0.3 is 4.74 Å². The van der Waals surface area contributed by atoms with E-state index in [-0.39, 0.29) is 0 Å². The molecule has 0 N–H and O–H groups in total. The second-order valence-corrected chi connectivity index (χ2v) is 4.86. The van der Waals surface area contributed by atoms with Gasteiger partial charge in [0.1, 0.15) is 5.75 Å². The molecule has 0 aliphatic heterocycles. The third-order valence-corrected chi connectivity index (χ3v) is 4.21. The standard InChI is InChI=1S/C11H11BrOS/c1-3-7-4-11-8(5-10(7)13-2)9(12)6-14-11/h4-6H,3H2,1-2H3. The van der Waals surface area contributed by atoms with Crippen molar-refractivity contribution in [3.63, 3.8) is 0 Å². The lowest BCUT2D eigenvalue weighted by Crippen LogP contribution is -1.89. The summed E-state index contributed by atoms with van der Waals surface area (Å²) in [4.78, 5) is 0. The Bertz CT molecular complexity index is 462. The van der Waals surface area contributed by atoms with E-state index in [9.17, 15) is 0 Å². The van der Waals surface area contributed by atoms with Crippen LogP contribution in [-0.4, -0.2) is 7.11 Å². The average Bonchev–Trinajstić information content (AvgIpc) is 2.58. The first kappa shape index (κ1) is 9.99. The lowest BCUT2D eigenvalue weighted by atomic mass is 10.1. The lowest BCUT2D eigenvalue weighted by molar-refractivity contribution is 0.411. The van der Waals surface area contributed by atoms with Gasteiger partial charge in [-0.25, -0.2) is 0 Å². The Balaban J connectivity index is 2.71. The quantitative estimate of drug-likeness (QED) is 0.794. The highest BCUT2D eigenvalue weighted by molar-refractivity contribution is 9.10. The van der Waals surface area contributed by atoms with Gasteiger partial charge in [-0.15, -0.1) is 11.3 Å². The zero-order valence-electron chi connectivity index (χ0n) is 8.13. The van der Waals surface area contributed by atoms with Crippen molar-refractivity contribution in [1.29, 1.82) is 0 Å². The van der Waals surface area contributed by atoms with Crippen LogP contribution in [0.2, 0.25) is 0 Å². The highest BCUT2D eigenvalue weighted by Gasteiger charge is 2.07. The summed E-state index contributed by atoms with van der Waals surface area (Å²) in [5, 5.41) is 3.35. The Morgan fingerprint density at radius 1 is 1.43 bits per heavy atom. The lowest BCUT2D eigenvalue weighted by Gasteiger charge is -2.06. The largest absolute Gasteiger partial charge is 0.496 e. The molecule has 0 atom stereocenters. The normalized spacial score (nSPS) is 10.8. The molecule has 0 fully saturated rings. The van der Waals surface area contributed by atoms with E-state index in [1.807, 2.05) is 0 Å². The molecule has 0 saturated carbocycles. The fraction of sp³-hybridized carbons (Fsp3) is 0.273. The Hall–Kier alpha value is -0.540. The fourth-order valence-electron chi connectivity index (χ4n) is 1.53. The minimum Gasteiger partial charge on any atom is -0.496 e. The van der Waals surface area contributed by atoms with E-state index < -0.39 is 0 Å². The summed E-state index contributed by atoms with van der Waals surface area (Å²) in [6.45, 7) is 2.15. The average molecular weight is 271 g/mol. The molecule has 1 nitrogen and oxygen atoms in total. The molecular weight excluding hydrogens is 260 g/mol. The topological polar surface area (TPSA) is 9.23 Å². The molecule has 74 valence electrons. The Morgan fingerprint density at radius 3 is 2.86 bits per heavy atom. The van der Waals surface area contributed by atoms with E-state index in [2.05, 4.69) is 40.4 Å². The number of methoxy groups -OCH3 is 1. The summed E-state index contributed by atoms with van der Waals surface area (Å²) in [6.07, 6.45) is 1.01. The number of fused-ring (bicyclic) bond motifs is 1. The summed E-state index contributed by atoms with van der Waals surface area (Å²) < 4.78 is 7.82. The summed E-state index contributed by atoms with van der Waals surface area (Å²) >= 11 is 5.29. The van der Waals surface area contributed by atoms with Gasteiger partial charge >= 0.3 is 0 Å². The molecular formula is C11H11BrOS. The fourth-order valence-corrected chi connectivity index (χ4v) is 3.13. The molecule has 0 aliphatic rings. The maximum atomic E-state index is 5.35. The molecule has 2 rings (SSSR count).